The average molecular weight is 473 g/mol. The van der Waals surface area contributed by atoms with Crippen LogP contribution in [0.15, 0.2) is 36.4 Å². The molecule has 1 nitrogen and oxygen atoms in total. The van der Waals surface area contributed by atoms with Crippen LogP contribution >= 0.6 is 0 Å². The van der Waals surface area contributed by atoms with E-state index in [-0.39, 0.29) is 12.2 Å². The van der Waals surface area contributed by atoms with Gasteiger partial charge in [0, 0.05) is 0 Å². The molecule has 0 unspecified atom stereocenters. The molecule has 2 aliphatic carbocycles. The molecular formula is C30H39F3O. The summed E-state index contributed by atoms with van der Waals surface area (Å²) in [4.78, 5) is 0. The minimum atomic E-state index is -1.44. The van der Waals surface area contributed by atoms with Crippen LogP contribution in [0.3, 0.4) is 0 Å². The maximum atomic E-state index is 13.5. The first-order valence-electron chi connectivity index (χ1n) is 13.4. The summed E-state index contributed by atoms with van der Waals surface area (Å²) in [6.45, 7) is 2.29. The van der Waals surface area contributed by atoms with E-state index in [1.165, 1.54) is 82.6 Å². The second-order valence-electron chi connectivity index (χ2n) is 10.6. The van der Waals surface area contributed by atoms with Crippen LogP contribution in [0, 0.1) is 35.2 Å². The molecule has 0 bridgehead atoms. The number of unbranched alkanes of at least 4 members (excludes halogenated alkanes) is 2. The van der Waals surface area contributed by atoms with Crippen LogP contribution in [0.25, 0.3) is 0 Å². The Balaban J connectivity index is 1.24. The van der Waals surface area contributed by atoms with Crippen molar-refractivity contribution in [1.82, 2.24) is 0 Å². The van der Waals surface area contributed by atoms with Gasteiger partial charge < -0.3 is 4.74 Å². The lowest BCUT2D eigenvalue weighted by molar-refractivity contribution is 0.155. The highest BCUT2D eigenvalue weighted by atomic mass is 19.2. The molecule has 34 heavy (non-hydrogen) atoms. The molecule has 4 rings (SSSR count). The average Bonchev–Trinajstić information content (AvgIpc) is 2.87. The maximum Gasteiger partial charge on any atom is 0.194 e. The number of halogens is 3. The molecule has 0 spiro atoms. The van der Waals surface area contributed by atoms with E-state index in [1.54, 1.807) is 0 Å². The molecule has 0 radical (unpaired) electrons. The van der Waals surface area contributed by atoms with Crippen molar-refractivity contribution < 1.29 is 17.9 Å². The van der Waals surface area contributed by atoms with Crippen LogP contribution in [-0.4, -0.2) is 0 Å². The van der Waals surface area contributed by atoms with E-state index < -0.39 is 17.5 Å². The van der Waals surface area contributed by atoms with Gasteiger partial charge in [0.15, 0.2) is 17.5 Å². The lowest BCUT2D eigenvalue weighted by Crippen LogP contribution is -2.25. The normalized spacial score (nSPS) is 25.3. The van der Waals surface area contributed by atoms with Gasteiger partial charge in [-0.15, -0.1) is 0 Å². The SMILES string of the molecule is CCCCCC1CCC(C2CCC(c3cccc(OCc4cc(F)c(F)c(F)c4)c3)CC2)CC1. The molecule has 0 amide bonds. The van der Waals surface area contributed by atoms with Gasteiger partial charge >= 0.3 is 0 Å². The summed E-state index contributed by atoms with van der Waals surface area (Å²) >= 11 is 0. The summed E-state index contributed by atoms with van der Waals surface area (Å²) in [7, 11) is 0. The van der Waals surface area contributed by atoms with Crippen molar-refractivity contribution in [3.63, 3.8) is 0 Å². The Morgan fingerprint density at radius 3 is 2.09 bits per heavy atom. The van der Waals surface area contributed by atoms with Gasteiger partial charge in [-0.2, -0.15) is 0 Å². The predicted octanol–water partition coefficient (Wildman–Crippen LogP) is 9.34. The fourth-order valence-electron chi connectivity index (χ4n) is 6.27. The van der Waals surface area contributed by atoms with Gasteiger partial charge in [-0.3, -0.25) is 0 Å². The van der Waals surface area contributed by atoms with E-state index in [4.69, 9.17) is 4.74 Å². The molecular weight excluding hydrogens is 433 g/mol. The molecule has 2 aliphatic rings. The zero-order valence-electron chi connectivity index (χ0n) is 20.5. The zero-order chi connectivity index (χ0) is 23.9. The predicted molar refractivity (Wildman–Crippen MR) is 131 cm³/mol. The number of hydrogen-bond acceptors (Lipinski definition) is 1. The first-order valence-corrected chi connectivity index (χ1v) is 13.4. The maximum absolute atomic E-state index is 13.5. The minimum Gasteiger partial charge on any atom is -0.489 e. The largest absolute Gasteiger partial charge is 0.489 e. The van der Waals surface area contributed by atoms with Crippen LogP contribution in [0.5, 0.6) is 5.75 Å². The van der Waals surface area contributed by atoms with Crippen molar-refractivity contribution in [3.8, 4) is 5.75 Å². The molecule has 0 atom stereocenters. The number of ether oxygens (including phenoxy) is 1. The first kappa shape index (κ1) is 25.1. The topological polar surface area (TPSA) is 9.23 Å². The van der Waals surface area contributed by atoms with Gasteiger partial charge in [0.05, 0.1) is 0 Å². The van der Waals surface area contributed by atoms with Gasteiger partial charge in [0.25, 0.3) is 0 Å². The smallest absolute Gasteiger partial charge is 0.194 e. The Bertz CT molecular complexity index is 888. The standard InChI is InChI=1S/C30H39F3O/c1-2-3-4-6-21-9-11-23(12-10-21)24-13-15-25(16-14-24)26-7-5-8-27(19-26)34-20-22-17-28(31)30(33)29(32)18-22/h5,7-8,17-19,21,23-25H,2-4,6,9-16,20H2,1H3. The highest BCUT2D eigenvalue weighted by Gasteiger charge is 2.31. The van der Waals surface area contributed by atoms with Gasteiger partial charge in [0.2, 0.25) is 0 Å². The fraction of sp³-hybridized carbons (Fsp3) is 0.600. The quantitative estimate of drug-likeness (QED) is 0.261. The third-order valence-electron chi connectivity index (χ3n) is 8.32. The van der Waals surface area contributed by atoms with Crippen molar-refractivity contribution in [2.24, 2.45) is 17.8 Å². The summed E-state index contributed by atoms with van der Waals surface area (Å²) in [6.07, 6.45) is 16.4. The Labute approximate surface area is 203 Å². The molecule has 0 N–H and O–H groups in total. The van der Waals surface area contributed by atoms with E-state index in [1.807, 2.05) is 12.1 Å². The fourth-order valence-corrected chi connectivity index (χ4v) is 6.27. The second kappa shape index (κ2) is 12.1. The van der Waals surface area contributed by atoms with Gasteiger partial charge in [-0.25, -0.2) is 13.2 Å². The Morgan fingerprint density at radius 1 is 0.794 bits per heavy atom. The lowest BCUT2D eigenvalue weighted by Gasteiger charge is -2.38. The van der Waals surface area contributed by atoms with Gasteiger partial charge in [-0.05, 0) is 97.6 Å². The van der Waals surface area contributed by atoms with Crippen molar-refractivity contribution in [1.29, 1.82) is 0 Å². The van der Waals surface area contributed by atoms with Crippen molar-refractivity contribution in [2.75, 3.05) is 0 Å². The summed E-state index contributed by atoms with van der Waals surface area (Å²) in [5.41, 5.74) is 1.56. The summed E-state index contributed by atoms with van der Waals surface area (Å²) in [5, 5.41) is 0. The third-order valence-corrected chi connectivity index (χ3v) is 8.32. The summed E-state index contributed by atoms with van der Waals surface area (Å²) < 4.78 is 45.8. The van der Waals surface area contributed by atoms with Crippen molar-refractivity contribution >= 4 is 0 Å². The monoisotopic (exact) mass is 472 g/mol. The van der Waals surface area contributed by atoms with Crippen LogP contribution in [0.4, 0.5) is 13.2 Å². The molecule has 0 aliphatic heterocycles. The van der Waals surface area contributed by atoms with Crippen molar-refractivity contribution in [3.05, 3.63) is 65.0 Å². The Hall–Kier alpha value is -1.97. The van der Waals surface area contributed by atoms with Crippen LogP contribution < -0.4 is 4.74 Å². The van der Waals surface area contributed by atoms with Gasteiger partial charge in [0.1, 0.15) is 12.4 Å². The molecule has 186 valence electrons. The Kier molecular flexibility index (Phi) is 8.97. The van der Waals surface area contributed by atoms with E-state index in [9.17, 15) is 13.2 Å². The van der Waals surface area contributed by atoms with Crippen LogP contribution in [0.2, 0.25) is 0 Å². The highest BCUT2D eigenvalue weighted by molar-refractivity contribution is 5.31. The molecule has 4 heteroatoms. The zero-order valence-corrected chi connectivity index (χ0v) is 20.5. The van der Waals surface area contributed by atoms with E-state index >= 15 is 0 Å². The molecule has 0 aromatic heterocycles. The molecule has 2 fully saturated rings. The van der Waals surface area contributed by atoms with Gasteiger partial charge in [-0.1, -0.05) is 57.6 Å². The molecule has 2 saturated carbocycles. The lowest BCUT2D eigenvalue weighted by atomic mass is 9.68. The van der Waals surface area contributed by atoms with Crippen LogP contribution in [0.1, 0.15) is 101 Å². The number of rotatable bonds is 9. The first-order chi connectivity index (χ1) is 16.5. The summed E-state index contributed by atoms with van der Waals surface area (Å²) in [6, 6.07) is 10.1. The molecule has 2 aromatic rings. The second-order valence-corrected chi connectivity index (χ2v) is 10.6. The van der Waals surface area contributed by atoms with Crippen molar-refractivity contribution in [2.45, 2.75) is 96.5 Å². The highest BCUT2D eigenvalue weighted by Crippen LogP contribution is 2.44. The number of hydrogen-bond donors (Lipinski definition) is 0. The minimum absolute atomic E-state index is 0.00539. The molecule has 0 heterocycles. The van der Waals surface area contributed by atoms with E-state index in [2.05, 4.69) is 19.1 Å². The Morgan fingerprint density at radius 2 is 1.44 bits per heavy atom. The van der Waals surface area contributed by atoms with E-state index in [0.717, 1.165) is 29.9 Å². The summed E-state index contributed by atoms with van der Waals surface area (Å²) in [5.74, 6) is 0.205. The van der Waals surface area contributed by atoms with E-state index in [0.29, 0.717) is 11.7 Å². The molecule has 0 saturated heterocycles. The molecule has 2 aromatic carbocycles. The number of benzene rings is 2. The third kappa shape index (κ3) is 6.58. The van der Waals surface area contributed by atoms with Crippen LogP contribution in [-0.2, 0) is 6.61 Å².